The number of hydrogen-bond donors (Lipinski definition) is 0. The standard InChI is InChI=1S/C26H28N2O/c1-3-4-5-8-21-11-15-23(16-12-21)29-24-17-13-22(14-18-24)19-28-20(2)27-25-9-6-7-10-26(25)28/h6-7,9-18H,3-5,8,19H2,1-2H3. The van der Waals surface area contributed by atoms with Crippen molar-refractivity contribution < 1.29 is 4.74 Å². The molecule has 1 heterocycles. The molecule has 0 radical (unpaired) electrons. The van der Waals surface area contributed by atoms with Gasteiger partial charge in [-0.3, -0.25) is 0 Å². The minimum Gasteiger partial charge on any atom is -0.457 e. The van der Waals surface area contributed by atoms with Crippen molar-refractivity contribution in [1.82, 2.24) is 9.55 Å². The molecule has 0 unspecified atom stereocenters. The number of para-hydroxylation sites is 2. The molecule has 0 atom stereocenters. The highest BCUT2D eigenvalue weighted by molar-refractivity contribution is 5.75. The number of hydrogen-bond acceptors (Lipinski definition) is 2. The summed E-state index contributed by atoms with van der Waals surface area (Å²) in [6.45, 7) is 5.10. The van der Waals surface area contributed by atoms with Gasteiger partial charge in [-0.25, -0.2) is 4.98 Å². The summed E-state index contributed by atoms with van der Waals surface area (Å²) >= 11 is 0. The van der Waals surface area contributed by atoms with Crippen LogP contribution in [0.3, 0.4) is 0 Å². The van der Waals surface area contributed by atoms with Crippen molar-refractivity contribution in [2.24, 2.45) is 0 Å². The lowest BCUT2D eigenvalue weighted by Gasteiger charge is -2.10. The van der Waals surface area contributed by atoms with Crippen molar-refractivity contribution >= 4 is 11.0 Å². The number of unbranched alkanes of at least 4 members (excludes halogenated alkanes) is 2. The summed E-state index contributed by atoms with van der Waals surface area (Å²) in [5.74, 6) is 2.78. The largest absolute Gasteiger partial charge is 0.457 e. The fraction of sp³-hybridized carbons (Fsp3) is 0.269. The zero-order valence-corrected chi connectivity index (χ0v) is 17.3. The molecule has 1 aromatic heterocycles. The second-order valence-corrected chi connectivity index (χ2v) is 7.58. The molecule has 0 aliphatic heterocycles. The average Bonchev–Trinajstić information content (AvgIpc) is 3.06. The minimum atomic E-state index is 0.805. The van der Waals surface area contributed by atoms with Gasteiger partial charge in [0.15, 0.2) is 0 Å². The van der Waals surface area contributed by atoms with Crippen LogP contribution in [0.5, 0.6) is 11.5 Å². The summed E-state index contributed by atoms with van der Waals surface area (Å²) in [5, 5.41) is 0. The lowest BCUT2D eigenvalue weighted by molar-refractivity contribution is 0.482. The second kappa shape index (κ2) is 8.95. The van der Waals surface area contributed by atoms with Gasteiger partial charge in [-0.2, -0.15) is 0 Å². The van der Waals surface area contributed by atoms with Gasteiger partial charge in [-0.05, 0) is 67.3 Å². The Labute approximate surface area is 173 Å². The molecule has 0 aliphatic rings. The van der Waals surface area contributed by atoms with Gasteiger partial charge in [0.1, 0.15) is 17.3 Å². The van der Waals surface area contributed by atoms with Crippen molar-refractivity contribution in [1.29, 1.82) is 0 Å². The maximum absolute atomic E-state index is 6.02. The molecule has 0 bridgehead atoms. The van der Waals surface area contributed by atoms with Crippen LogP contribution in [0.4, 0.5) is 0 Å². The Balaban J connectivity index is 1.41. The summed E-state index contributed by atoms with van der Waals surface area (Å²) in [4.78, 5) is 4.65. The molecule has 0 aliphatic carbocycles. The first-order chi connectivity index (χ1) is 14.2. The molecule has 4 rings (SSSR count). The maximum Gasteiger partial charge on any atom is 0.127 e. The molecule has 0 N–H and O–H groups in total. The van der Waals surface area contributed by atoms with E-state index in [9.17, 15) is 0 Å². The number of aryl methyl sites for hydroxylation is 2. The number of imidazole rings is 1. The van der Waals surface area contributed by atoms with E-state index in [1.54, 1.807) is 0 Å². The van der Waals surface area contributed by atoms with Crippen LogP contribution in [0, 0.1) is 6.92 Å². The van der Waals surface area contributed by atoms with Crippen LogP contribution in [0.15, 0.2) is 72.8 Å². The highest BCUT2D eigenvalue weighted by atomic mass is 16.5. The molecular formula is C26H28N2O. The summed E-state index contributed by atoms with van der Waals surface area (Å²) in [7, 11) is 0. The van der Waals surface area contributed by atoms with Gasteiger partial charge in [-0.1, -0.05) is 56.2 Å². The van der Waals surface area contributed by atoms with Crippen molar-refractivity contribution in [2.75, 3.05) is 0 Å². The van der Waals surface area contributed by atoms with Crippen molar-refractivity contribution in [3.05, 3.63) is 89.7 Å². The fourth-order valence-corrected chi connectivity index (χ4v) is 3.68. The lowest BCUT2D eigenvalue weighted by atomic mass is 10.1. The molecule has 0 spiro atoms. The Kier molecular flexibility index (Phi) is 5.95. The van der Waals surface area contributed by atoms with Crippen LogP contribution in [-0.4, -0.2) is 9.55 Å². The molecule has 29 heavy (non-hydrogen) atoms. The van der Waals surface area contributed by atoms with E-state index >= 15 is 0 Å². The molecule has 148 valence electrons. The Morgan fingerprint density at radius 2 is 1.45 bits per heavy atom. The van der Waals surface area contributed by atoms with Crippen molar-refractivity contribution in [2.45, 2.75) is 46.1 Å². The van der Waals surface area contributed by atoms with Gasteiger partial charge in [0.05, 0.1) is 11.0 Å². The van der Waals surface area contributed by atoms with E-state index in [0.717, 1.165) is 35.8 Å². The van der Waals surface area contributed by atoms with E-state index in [-0.39, 0.29) is 0 Å². The predicted octanol–water partition coefficient (Wildman–Crippen LogP) is 6.92. The van der Waals surface area contributed by atoms with E-state index < -0.39 is 0 Å². The van der Waals surface area contributed by atoms with Gasteiger partial charge < -0.3 is 9.30 Å². The number of rotatable bonds is 8. The molecule has 4 aromatic rings. The predicted molar refractivity (Wildman–Crippen MR) is 120 cm³/mol. The third-order valence-corrected chi connectivity index (χ3v) is 5.34. The molecule has 0 amide bonds. The maximum atomic E-state index is 6.02. The highest BCUT2D eigenvalue weighted by Gasteiger charge is 2.07. The first kappa shape index (κ1) is 19.3. The van der Waals surface area contributed by atoms with E-state index in [1.807, 2.05) is 18.2 Å². The van der Waals surface area contributed by atoms with Crippen LogP contribution in [0.2, 0.25) is 0 Å². The number of nitrogens with zero attached hydrogens (tertiary/aromatic N) is 2. The van der Waals surface area contributed by atoms with Crippen LogP contribution in [0.25, 0.3) is 11.0 Å². The molecule has 3 aromatic carbocycles. The SMILES string of the molecule is CCCCCc1ccc(Oc2ccc(Cn3c(C)nc4ccccc43)cc2)cc1. The number of aromatic nitrogens is 2. The quantitative estimate of drug-likeness (QED) is 0.308. The average molecular weight is 385 g/mol. The molecule has 3 nitrogen and oxygen atoms in total. The van der Waals surface area contributed by atoms with E-state index in [0.29, 0.717) is 0 Å². The fourth-order valence-electron chi connectivity index (χ4n) is 3.68. The first-order valence-corrected chi connectivity index (χ1v) is 10.5. The van der Waals surface area contributed by atoms with Crippen LogP contribution in [-0.2, 0) is 13.0 Å². The van der Waals surface area contributed by atoms with Gasteiger partial charge in [0.2, 0.25) is 0 Å². The number of ether oxygens (including phenoxy) is 1. The molecule has 0 saturated carbocycles. The lowest BCUT2D eigenvalue weighted by Crippen LogP contribution is -2.01. The summed E-state index contributed by atoms with van der Waals surface area (Å²) in [6, 6.07) is 25.1. The first-order valence-electron chi connectivity index (χ1n) is 10.5. The number of benzene rings is 3. The Hall–Kier alpha value is -3.07. The summed E-state index contributed by atoms with van der Waals surface area (Å²) < 4.78 is 8.28. The normalized spacial score (nSPS) is 11.1. The van der Waals surface area contributed by atoms with Gasteiger partial charge in [0, 0.05) is 6.54 Å². The molecule has 0 fully saturated rings. The monoisotopic (exact) mass is 384 g/mol. The third kappa shape index (κ3) is 4.68. The third-order valence-electron chi connectivity index (χ3n) is 5.34. The van der Waals surface area contributed by atoms with Gasteiger partial charge in [-0.15, -0.1) is 0 Å². The second-order valence-electron chi connectivity index (χ2n) is 7.58. The van der Waals surface area contributed by atoms with E-state index in [4.69, 9.17) is 4.74 Å². The minimum absolute atomic E-state index is 0.805. The topological polar surface area (TPSA) is 27.1 Å². The zero-order chi connectivity index (χ0) is 20.1. The van der Waals surface area contributed by atoms with Crippen molar-refractivity contribution in [3.8, 4) is 11.5 Å². The summed E-state index contributed by atoms with van der Waals surface area (Å²) in [5.41, 5.74) is 4.83. The van der Waals surface area contributed by atoms with E-state index in [1.165, 1.54) is 35.9 Å². The Morgan fingerprint density at radius 3 is 2.14 bits per heavy atom. The Bertz CT molecular complexity index is 1060. The van der Waals surface area contributed by atoms with Gasteiger partial charge >= 0.3 is 0 Å². The van der Waals surface area contributed by atoms with Crippen molar-refractivity contribution in [3.63, 3.8) is 0 Å². The Morgan fingerprint density at radius 1 is 0.793 bits per heavy atom. The van der Waals surface area contributed by atoms with Gasteiger partial charge in [0.25, 0.3) is 0 Å². The van der Waals surface area contributed by atoms with Crippen LogP contribution >= 0.6 is 0 Å². The molecule has 3 heteroatoms. The smallest absolute Gasteiger partial charge is 0.127 e. The highest BCUT2D eigenvalue weighted by Crippen LogP contribution is 2.24. The zero-order valence-electron chi connectivity index (χ0n) is 17.3. The van der Waals surface area contributed by atoms with Crippen LogP contribution < -0.4 is 4.74 Å². The molecule has 0 saturated heterocycles. The van der Waals surface area contributed by atoms with E-state index in [2.05, 4.69) is 78.0 Å². The summed E-state index contributed by atoms with van der Waals surface area (Å²) in [6.07, 6.45) is 4.95. The van der Waals surface area contributed by atoms with Crippen LogP contribution in [0.1, 0.15) is 43.1 Å². The number of fused-ring (bicyclic) bond motifs is 1. The molecular weight excluding hydrogens is 356 g/mol.